The Morgan fingerprint density at radius 3 is 2.24 bits per heavy atom. The first-order valence-corrected chi connectivity index (χ1v) is 16.8. The van der Waals surface area contributed by atoms with Crippen LogP contribution < -0.4 is 14.8 Å². The van der Waals surface area contributed by atoms with E-state index in [9.17, 15) is 31.2 Å². The number of hydrogen-bond acceptors (Lipinski definition) is 8. The molecule has 246 valence electrons. The molecule has 1 aromatic heterocycles. The molecule has 14 heteroatoms. The molecule has 3 heterocycles. The lowest BCUT2D eigenvalue weighted by Crippen LogP contribution is -2.44. The monoisotopic (exact) mass is 660 g/mol. The third kappa shape index (κ3) is 9.19. The van der Waals surface area contributed by atoms with Crippen LogP contribution in [-0.4, -0.2) is 86.0 Å². The zero-order chi connectivity index (χ0) is 32.9. The second-order valence-corrected chi connectivity index (χ2v) is 13.5. The van der Waals surface area contributed by atoms with Crippen molar-refractivity contribution in [1.29, 1.82) is 0 Å². The summed E-state index contributed by atoms with van der Waals surface area (Å²) in [5.74, 6) is -0.196. The SMILES string of the molecule is CS(=O)(=O)c1ccc(OC2CCN(C(=O)c3ccc(C(=O)NC4CCN(Cc5cccc(OC(F)(F)F)c5)CC4)cn3)CC2)cc1. The van der Waals surface area contributed by atoms with Crippen LogP contribution in [0.15, 0.2) is 71.8 Å². The number of pyridine rings is 1. The van der Waals surface area contributed by atoms with Gasteiger partial charge >= 0.3 is 6.36 Å². The summed E-state index contributed by atoms with van der Waals surface area (Å²) in [7, 11) is -3.28. The Labute approximate surface area is 265 Å². The van der Waals surface area contributed by atoms with Gasteiger partial charge in [-0.2, -0.15) is 0 Å². The van der Waals surface area contributed by atoms with Gasteiger partial charge < -0.3 is 19.7 Å². The largest absolute Gasteiger partial charge is 0.573 e. The van der Waals surface area contributed by atoms with Gasteiger partial charge in [0.2, 0.25) is 0 Å². The van der Waals surface area contributed by atoms with Crippen molar-refractivity contribution in [1.82, 2.24) is 20.1 Å². The fourth-order valence-electron chi connectivity index (χ4n) is 5.55. The van der Waals surface area contributed by atoms with E-state index in [-0.39, 0.29) is 40.3 Å². The molecule has 3 aromatic rings. The standard InChI is InChI=1S/C32H35F3N4O6S/c1-46(42,43)28-8-6-25(7-9-28)44-26-13-17-39(18-14-26)31(41)29-10-5-23(20-36-29)30(40)37-24-11-15-38(16-12-24)21-22-3-2-4-27(19-22)45-32(33,34)35/h2-10,19-20,24,26H,11-18,21H2,1H3,(H,37,40). The quantitative estimate of drug-likeness (QED) is 0.358. The molecule has 0 aliphatic carbocycles. The van der Waals surface area contributed by atoms with Crippen LogP contribution >= 0.6 is 0 Å². The number of amides is 2. The van der Waals surface area contributed by atoms with Crippen LogP contribution in [0.5, 0.6) is 11.5 Å². The summed E-state index contributed by atoms with van der Waals surface area (Å²) in [6.07, 6.45) is 0.272. The van der Waals surface area contributed by atoms with Crippen LogP contribution in [0.4, 0.5) is 13.2 Å². The highest BCUT2D eigenvalue weighted by molar-refractivity contribution is 7.90. The smallest absolute Gasteiger partial charge is 0.490 e. The average Bonchev–Trinajstić information content (AvgIpc) is 3.01. The number of benzene rings is 2. The first kappa shape index (κ1) is 33.2. The molecule has 2 saturated heterocycles. The minimum Gasteiger partial charge on any atom is -0.490 e. The number of ether oxygens (including phenoxy) is 2. The fraction of sp³-hybridized carbons (Fsp3) is 0.406. The summed E-state index contributed by atoms with van der Waals surface area (Å²) in [6.45, 7) is 2.75. The maximum atomic E-state index is 13.0. The second-order valence-electron chi connectivity index (χ2n) is 11.5. The minimum atomic E-state index is -4.74. The molecule has 2 aromatic carbocycles. The van der Waals surface area contributed by atoms with E-state index in [1.807, 2.05) is 0 Å². The normalized spacial score (nSPS) is 17.0. The van der Waals surface area contributed by atoms with E-state index in [1.165, 1.54) is 36.5 Å². The second kappa shape index (κ2) is 14.1. The maximum absolute atomic E-state index is 13.0. The lowest BCUT2D eigenvalue weighted by molar-refractivity contribution is -0.274. The first-order chi connectivity index (χ1) is 21.8. The number of piperidine rings is 2. The number of likely N-dealkylation sites (tertiary alicyclic amines) is 2. The van der Waals surface area contributed by atoms with Crippen molar-refractivity contribution in [2.75, 3.05) is 32.4 Å². The molecular formula is C32H35F3N4O6S. The van der Waals surface area contributed by atoms with Gasteiger partial charge in [0.05, 0.1) is 10.5 Å². The number of halogens is 3. The molecule has 5 rings (SSSR count). The van der Waals surface area contributed by atoms with Crippen LogP contribution in [0, 0.1) is 0 Å². The lowest BCUT2D eigenvalue weighted by atomic mass is 10.0. The molecule has 0 saturated carbocycles. The van der Waals surface area contributed by atoms with E-state index in [0.29, 0.717) is 75.3 Å². The third-order valence-corrected chi connectivity index (χ3v) is 9.12. The summed E-state index contributed by atoms with van der Waals surface area (Å²) in [5.41, 5.74) is 1.29. The van der Waals surface area contributed by atoms with Gasteiger partial charge in [-0.05, 0) is 66.9 Å². The number of carbonyl (C=O) groups excluding carboxylic acids is 2. The number of alkyl halides is 3. The molecule has 2 aliphatic rings. The predicted molar refractivity (Wildman–Crippen MR) is 162 cm³/mol. The molecule has 0 bridgehead atoms. The van der Waals surface area contributed by atoms with Crippen LogP contribution in [0.2, 0.25) is 0 Å². The van der Waals surface area contributed by atoms with Gasteiger partial charge in [-0.3, -0.25) is 19.5 Å². The minimum absolute atomic E-state index is 0.0638. The van der Waals surface area contributed by atoms with E-state index in [1.54, 1.807) is 35.2 Å². The van der Waals surface area contributed by atoms with E-state index in [2.05, 4.69) is 19.9 Å². The summed E-state index contributed by atoms with van der Waals surface area (Å²) >= 11 is 0. The Bertz CT molecular complexity index is 1620. The Kier molecular flexibility index (Phi) is 10.2. The molecule has 2 fully saturated rings. The number of aromatic nitrogens is 1. The Morgan fingerprint density at radius 1 is 0.935 bits per heavy atom. The molecule has 46 heavy (non-hydrogen) atoms. The van der Waals surface area contributed by atoms with Gasteiger partial charge in [-0.15, -0.1) is 13.2 Å². The summed E-state index contributed by atoms with van der Waals surface area (Å²) in [5, 5.41) is 3.01. The van der Waals surface area contributed by atoms with Crippen molar-refractivity contribution >= 4 is 21.7 Å². The van der Waals surface area contributed by atoms with Crippen molar-refractivity contribution < 1.29 is 40.7 Å². The summed E-state index contributed by atoms with van der Waals surface area (Å²) in [4.78, 5) is 34.2. The van der Waals surface area contributed by atoms with Crippen molar-refractivity contribution in [3.8, 4) is 11.5 Å². The van der Waals surface area contributed by atoms with Crippen molar-refractivity contribution in [3.63, 3.8) is 0 Å². The zero-order valence-electron chi connectivity index (χ0n) is 25.2. The van der Waals surface area contributed by atoms with Gasteiger partial charge in [-0.1, -0.05) is 12.1 Å². The van der Waals surface area contributed by atoms with Crippen LogP contribution in [0.3, 0.4) is 0 Å². The molecule has 0 radical (unpaired) electrons. The number of nitrogens with one attached hydrogen (secondary N) is 1. The van der Waals surface area contributed by atoms with Gasteiger partial charge in [0, 0.05) is 64.1 Å². The molecule has 10 nitrogen and oxygen atoms in total. The molecule has 0 unspecified atom stereocenters. The predicted octanol–water partition coefficient (Wildman–Crippen LogP) is 4.46. The zero-order valence-corrected chi connectivity index (χ0v) is 26.0. The van der Waals surface area contributed by atoms with Gasteiger partial charge in [0.15, 0.2) is 9.84 Å². The highest BCUT2D eigenvalue weighted by Gasteiger charge is 2.31. The average molecular weight is 661 g/mol. The first-order valence-electron chi connectivity index (χ1n) is 14.9. The molecule has 2 amide bonds. The van der Waals surface area contributed by atoms with Crippen molar-refractivity contribution in [2.24, 2.45) is 0 Å². The number of nitrogens with zero attached hydrogens (tertiary/aromatic N) is 3. The molecule has 0 spiro atoms. The topological polar surface area (TPSA) is 118 Å². The van der Waals surface area contributed by atoms with Gasteiger partial charge in [-0.25, -0.2) is 8.42 Å². The summed E-state index contributed by atoms with van der Waals surface area (Å²) < 4.78 is 70.9. The van der Waals surface area contributed by atoms with E-state index >= 15 is 0 Å². The number of sulfone groups is 1. The van der Waals surface area contributed by atoms with Crippen LogP contribution in [0.1, 0.15) is 52.1 Å². The fourth-order valence-corrected chi connectivity index (χ4v) is 6.19. The number of carbonyl (C=O) groups is 2. The molecule has 2 aliphatic heterocycles. The van der Waals surface area contributed by atoms with Crippen LogP contribution in [0.25, 0.3) is 0 Å². The van der Waals surface area contributed by atoms with Crippen molar-refractivity contribution in [2.45, 2.75) is 55.6 Å². The number of hydrogen-bond donors (Lipinski definition) is 1. The number of rotatable bonds is 9. The lowest BCUT2D eigenvalue weighted by Gasteiger charge is -2.32. The van der Waals surface area contributed by atoms with E-state index < -0.39 is 16.2 Å². The van der Waals surface area contributed by atoms with Gasteiger partial charge in [0.1, 0.15) is 23.3 Å². The molecule has 1 N–H and O–H groups in total. The summed E-state index contributed by atoms with van der Waals surface area (Å²) in [6, 6.07) is 15.3. The Hall–Kier alpha value is -4.17. The van der Waals surface area contributed by atoms with Crippen molar-refractivity contribution in [3.05, 3.63) is 83.7 Å². The van der Waals surface area contributed by atoms with Gasteiger partial charge in [0.25, 0.3) is 11.8 Å². The molecule has 0 atom stereocenters. The molecular weight excluding hydrogens is 625 g/mol. The van der Waals surface area contributed by atoms with Crippen LogP contribution in [-0.2, 0) is 16.4 Å². The maximum Gasteiger partial charge on any atom is 0.573 e. The Balaban J connectivity index is 1.04. The van der Waals surface area contributed by atoms with E-state index in [0.717, 1.165) is 6.26 Å². The highest BCUT2D eigenvalue weighted by Crippen LogP contribution is 2.25. The van der Waals surface area contributed by atoms with E-state index in [4.69, 9.17) is 4.74 Å². The highest BCUT2D eigenvalue weighted by atomic mass is 32.2. The third-order valence-electron chi connectivity index (χ3n) is 7.99. The Morgan fingerprint density at radius 2 is 1.63 bits per heavy atom.